The molecule has 0 saturated carbocycles. The van der Waals surface area contributed by atoms with Crippen molar-refractivity contribution in [2.45, 2.75) is 4.90 Å². The Labute approximate surface area is 135 Å². The molecule has 0 aliphatic rings. The summed E-state index contributed by atoms with van der Waals surface area (Å²) in [5.41, 5.74) is 0.120. The zero-order chi connectivity index (χ0) is 17.0. The Kier molecular flexibility index (Phi) is 5.02. The molecule has 0 aliphatic heterocycles. The molecule has 0 unspecified atom stereocenters. The fourth-order valence-electron chi connectivity index (χ4n) is 1.86. The number of ether oxygens (including phenoxy) is 2. The van der Waals surface area contributed by atoms with Crippen molar-refractivity contribution in [1.82, 2.24) is 4.31 Å². The number of benzene rings is 2. The van der Waals surface area contributed by atoms with Crippen molar-refractivity contribution in [2.24, 2.45) is 0 Å². The summed E-state index contributed by atoms with van der Waals surface area (Å²) < 4.78 is 36.0. The Balaban J connectivity index is 2.40. The first-order valence-corrected chi connectivity index (χ1v) is 8.18. The highest BCUT2D eigenvalue weighted by Crippen LogP contribution is 2.27. The van der Waals surface area contributed by atoms with Crippen LogP contribution in [0.3, 0.4) is 0 Å². The lowest BCUT2D eigenvalue weighted by Gasteiger charge is -2.15. The molecule has 2 rings (SSSR count). The van der Waals surface area contributed by atoms with Crippen molar-refractivity contribution in [1.29, 1.82) is 0 Å². The normalized spacial score (nSPS) is 11.3. The van der Waals surface area contributed by atoms with E-state index in [0.29, 0.717) is 5.75 Å². The second kappa shape index (κ2) is 6.80. The van der Waals surface area contributed by atoms with Gasteiger partial charge in [-0.05, 0) is 30.3 Å². The molecule has 122 valence electrons. The van der Waals surface area contributed by atoms with Gasteiger partial charge in [0.1, 0.15) is 16.4 Å². The van der Waals surface area contributed by atoms with Gasteiger partial charge in [-0.2, -0.15) is 0 Å². The topological polar surface area (TPSA) is 72.9 Å². The van der Waals surface area contributed by atoms with E-state index in [4.69, 9.17) is 9.47 Å². The van der Waals surface area contributed by atoms with Crippen molar-refractivity contribution in [3.05, 3.63) is 54.1 Å². The SMILES string of the molecule is COc1ccc(C(=O)Oc2ccccc2)cc1S(=O)(=O)N(C)C. The van der Waals surface area contributed by atoms with Crippen molar-refractivity contribution in [3.8, 4) is 11.5 Å². The van der Waals surface area contributed by atoms with Gasteiger partial charge in [-0.3, -0.25) is 0 Å². The molecule has 0 heterocycles. The lowest BCUT2D eigenvalue weighted by molar-refractivity contribution is 0.0734. The van der Waals surface area contributed by atoms with Crippen LogP contribution in [-0.4, -0.2) is 39.9 Å². The molecule has 0 radical (unpaired) electrons. The molecule has 0 aromatic heterocycles. The lowest BCUT2D eigenvalue weighted by atomic mass is 10.2. The van der Waals surface area contributed by atoms with Gasteiger partial charge in [0.2, 0.25) is 10.0 Å². The first-order chi connectivity index (χ1) is 10.9. The zero-order valence-corrected chi connectivity index (χ0v) is 13.8. The predicted molar refractivity (Wildman–Crippen MR) is 85.3 cm³/mol. The van der Waals surface area contributed by atoms with Gasteiger partial charge in [-0.15, -0.1) is 0 Å². The van der Waals surface area contributed by atoms with Gasteiger partial charge in [0, 0.05) is 14.1 Å². The minimum Gasteiger partial charge on any atom is -0.495 e. The summed E-state index contributed by atoms with van der Waals surface area (Å²) in [6, 6.07) is 12.7. The van der Waals surface area contributed by atoms with E-state index in [-0.39, 0.29) is 16.2 Å². The number of hydrogen-bond donors (Lipinski definition) is 0. The molecular weight excluding hydrogens is 318 g/mol. The Morgan fingerprint density at radius 1 is 1.04 bits per heavy atom. The number of nitrogens with zero attached hydrogens (tertiary/aromatic N) is 1. The fourth-order valence-corrected chi connectivity index (χ4v) is 2.93. The van der Waals surface area contributed by atoms with Crippen LogP contribution >= 0.6 is 0 Å². The van der Waals surface area contributed by atoms with E-state index in [1.54, 1.807) is 30.3 Å². The van der Waals surface area contributed by atoms with Gasteiger partial charge < -0.3 is 9.47 Å². The third kappa shape index (κ3) is 3.69. The van der Waals surface area contributed by atoms with Crippen LogP contribution in [0.4, 0.5) is 0 Å². The Bertz CT molecular complexity index is 800. The van der Waals surface area contributed by atoms with Gasteiger partial charge >= 0.3 is 5.97 Å². The zero-order valence-electron chi connectivity index (χ0n) is 13.0. The average molecular weight is 335 g/mol. The molecule has 7 heteroatoms. The van der Waals surface area contributed by atoms with Crippen molar-refractivity contribution in [2.75, 3.05) is 21.2 Å². The second-order valence-corrected chi connectivity index (χ2v) is 6.98. The van der Waals surface area contributed by atoms with Gasteiger partial charge in [0.25, 0.3) is 0 Å². The van der Waals surface area contributed by atoms with Crippen molar-refractivity contribution < 1.29 is 22.7 Å². The predicted octanol–water partition coefficient (Wildman–Crippen LogP) is 2.16. The molecule has 0 atom stereocenters. The summed E-state index contributed by atoms with van der Waals surface area (Å²) in [6.07, 6.45) is 0. The van der Waals surface area contributed by atoms with Crippen molar-refractivity contribution in [3.63, 3.8) is 0 Å². The van der Waals surface area contributed by atoms with Crippen LogP contribution in [0, 0.1) is 0 Å². The highest BCUT2D eigenvalue weighted by Gasteiger charge is 2.24. The van der Waals surface area contributed by atoms with Gasteiger partial charge in [0.05, 0.1) is 12.7 Å². The average Bonchev–Trinajstić information content (AvgIpc) is 2.55. The molecule has 2 aromatic carbocycles. The minimum absolute atomic E-state index is 0.0903. The summed E-state index contributed by atoms with van der Waals surface area (Å²) in [5, 5.41) is 0. The quantitative estimate of drug-likeness (QED) is 0.618. The lowest BCUT2D eigenvalue weighted by Crippen LogP contribution is -2.23. The molecule has 0 aliphatic carbocycles. The third-order valence-electron chi connectivity index (χ3n) is 3.11. The van der Waals surface area contributed by atoms with E-state index in [0.717, 1.165) is 4.31 Å². The van der Waals surface area contributed by atoms with E-state index < -0.39 is 16.0 Å². The molecule has 0 amide bonds. The first-order valence-electron chi connectivity index (χ1n) is 6.74. The van der Waals surface area contributed by atoms with E-state index in [2.05, 4.69) is 0 Å². The van der Waals surface area contributed by atoms with Crippen LogP contribution in [0.1, 0.15) is 10.4 Å². The fraction of sp³-hybridized carbons (Fsp3) is 0.188. The molecule has 2 aromatic rings. The molecular formula is C16H17NO5S. The van der Waals surface area contributed by atoms with Crippen LogP contribution in [0.15, 0.2) is 53.4 Å². The number of carbonyl (C=O) groups excluding carboxylic acids is 1. The summed E-state index contributed by atoms with van der Waals surface area (Å²) in [4.78, 5) is 12.1. The summed E-state index contributed by atoms with van der Waals surface area (Å²) in [6.45, 7) is 0. The van der Waals surface area contributed by atoms with Crippen LogP contribution in [0.2, 0.25) is 0 Å². The largest absolute Gasteiger partial charge is 0.495 e. The first kappa shape index (κ1) is 17.0. The number of carbonyl (C=O) groups is 1. The third-order valence-corrected chi connectivity index (χ3v) is 4.95. The highest BCUT2D eigenvalue weighted by molar-refractivity contribution is 7.89. The van der Waals surface area contributed by atoms with Gasteiger partial charge in [-0.1, -0.05) is 18.2 Å². The van der Waals surface area contributed by atoms with Gasteiger partial charge in [-0.25, -0.2) is 17.5 Å². The monoisotopic (exact) mass is 335 g/mol. The van der Waals surface area contributed by atoms with E-state index in [1.165, 1.54) is 39.4 Å². The molecule has 0 fully saturated rings. The Hall–Kier alpha value is -2.38. The van der Waals surface area contributed by atoms with Crippen LogP contribution in [-0.2, 0) is 10.0 Å². The summed E-state index contributed by atoms with van der Waals surface area (Å²) in [5.74, 6) is -0.102. The smallest absolute Gasteiger partial charge is 0.343 e. The van der Waals surface area contributed by atoms with Gasteiger partial charge in [0.15, 0.2) is 0 Å². The van der Waals surface area contributed by atoms with Crippen molar-refractivity contribution >= 4 is 16.0 Å². The Morgan fingerprint density at radius 2 is 1.70 bits per heavy atom. The number of para-hydroxylation sites is 1. The minimum atomic E-state index is -3.75. The Morgan fingerprint density at radius 3 is 2.26 bits per heavy atom. The molecule has 0 N–H and O–H groups in total. The summed E-state index contributed by atoms with van der Waals surface area (Å²) in [7, 11) is 0.432. The maximum atomic E-state index is 12.3. The standard InChI is InChI=1S/C16H17NO5S/c1-17(2)23(19,20)15-11-12(9-10-14(15)21-3)16(18)22-13-7-5-4-6-8-13/h4-11H,1-3H3. The maximum Gasteiger partial charge on any atom is 0.343 e. The van der Waals surface area contributed by atoms with Crippen LogP contribution in [0.25, 0.3) is 0 Å². The second-order valence-electron chi connectivity index (χ2n) is 4.86. The number of esters is 1. The van der Waals surface area contributed by atoms with E-state index >= 15 is 0 Å². The van der Waals surface area contributed by atoms with E-state index in [1.807, 2.05) is 0 Å². The maximum absolute atomic E-state index is 12.3. The molecule has 23 heavy (non-hydrogen) atoms. The number of methoxy groups -OCH3 is 1. The number of rotatable bonds is 5. The molecule has 0 saturated heterocycles. The molecule has 6 nitrogen and oxygen atoms in total. The number of hydrogen-bond acceptors (Lipinski definition) is 5. The van der Waals surface area contributed by atoms with Crippen LogP contribution in [0.5, 0.6) is 11.5 Å². The highest BCUT2D eigenvalue weighted by atomic mass is 32.2. The van der Waals surface area contributed by atoms with Crippen LogP contribution < -0.4 is 9.47 Å². The summed E-state index contributed by atoms with van der Waals surface area (Å²) >= 11 is 0. The molecule has 0 bridgehead atoms. The van der Waals surface area contributed by atoms with E-state index in [9.17, 15) is 13.2 Å². The number of sulfonamides is 1. The molecule has 0 spiro atoms.